The Morgan fingerprint density at radius 3 is 2.43 bits per heavy atom. The fourth-order valence-electron chi connectivity index (χ4n) is 2.80. The smallest absolute Gasteiger partial charge is 0.129 e. The number of rotatable bonds is 1. The quantitative estimate of drug-likeness (QED) is 0.748. The Balaban J connectivity index is 2.48. The number of aryl methyl sites for hydroxylation is 2. The molecule has 0 atom stereocenters. The number of anilines is 1. The van der Waals surface area contributed by atoms with Crippen molar-refractivity contribution in [2.75, 3.05) is 5.73 Å². The summed E-state index contributed by atoms with van der Waals surface area (Å²) in [5, 5.41) is 9.30. The van der Waals surface area contributed by atoms with E-state index in [0.29, 0.717) is 11.4 Å². The Morgan fingerprint density at radius 1 is 1.14 bits per heavy atom. The summed E-state index contributed by atoms with van der Waals surface area (Å²) in [6, 6.07) is 4.27. The van der Waals surface area contributed by atoms with Crippen LogP contribution in [0.25, 0.3) is 16.7 Å². The second-order valence-corrected chi connectivity index (χ2v) is 5.77. The minimum atomic E-state index is 0.466. The standard InChI is InChI=1S/C15H15N5S/c1-7-5-8(2)14(13-12(7)18-21-19-13)20-10(4)9(3)11(6-16)15(20)17/h5H,17H2,1-4H3. The molecule has 0 bridgehead atoms. The number of nitrogens with zero attached hydrogens (tertiary/aromatic N) is 4. The highest BCUT2D eigenvalue weighted by Gasteiger charge is 2.21. The van der Waals surface area contributed by atoms with Crippen LogP contribution in [0.2, 0.25) is 0 Å². The van der Waals surface area contributed by atoms with Gasteiger partial charge in [-0.2, -0.15) is 14.0 Å². The van der Waals surface area contributed by atoms with Crippen molar-refractivity contribution >= 4 is 28.6 Å². The van der Waals surface area contributed by atoms with E-state index < -0.39 is 0 Å². The van der Waals surface area contributed by atoms with Gasteiger partial charge in [-0.05, 0) is 44.4 Å². The highest BCUT2D eigenvalue weighted by atomic mass is 32.1. The zero-order chi connectivity index (χ0) is 15.3. The lowest BCUT2D eigenvalue weighted by Crippen LogP contribution is -2.06. The van der Waals surface area contributed by atoms with E-state index in [1.807, 2.05) is 32.3 Å². The van der Waals surface area contributed by atoms with E-state index in [-0.39, 0.29) is 0 Å². The third-order valence-corrected chi connectivity index (χ3v) is 4.51. The monoisotopic (exact) mass is 297 g/mol. The summed E-state index contributed by atoms with van der Waals surface area (Å²) in [5.41, 5.74) is 13.4. The maximum absolute atomic E-state index is 9.30. The molecule has 0 unspecified atom stereocenters. The van der Waals surface area contributed by atoms with Crippen molar-refractivity contribution in [3.05, 3.63) is 34.0 Å². The summed E-state index contributed by atoms with van der Waals surface area (Å²) in [7, 11) is 0. The molecule has 21 heavy (non-hydrogen) atoms. The molecule has 0 amide bonds. The Morgan fingerprint density at radius 2 is 1.81 bits per heavy atom. The van der Waals surface area contributed by atoms with E-state index in [9.17, 15) is 5.26 Å². The van der Waals surface area contributed by atoms with Crippen LogP contribution in [0.1, 0.15) is 27.9 Å². The van der Waals surface area contributed by atoms with Gasteiger partial charge in [0.2, 0.25) is 0 Å². The zero-order valence-corrected chi connectivity index (χ0v) is 13.2. The predicted molar refractivity (Wildman–Crippen MR) is 84.8 cm³/mol. The molecule has 0 aliphatic rings. The van der Waals surface area contributed by atoms with Gasteiger partial charge in [-0.25, -0.2) is 0 Å². The average molecular weight is 297 g/mol. The minimum absolute atomic E-state index is 0.466. The second-order valence-electron chi connectivity index (χ2n) is 5.24. The Hall–Kier alpha value is -2.39. The van der Waals surface area contributed by atoms with E-state index in [4.69, 9.17) is 5.73 Å². The van der Waals surface area contributed by atoms with Gasteiger partial charge in [-0.15, -0.1) is 0 Å². The number of benzene rings is 1. The topological polar surface area (TPSA) is 80.5 Å². The van der Waals surface area contributed by atoms with Gasteiger partial charge >= 0.3 is 0 Å². The maximum Gasteiger partial charge on any atom is 0.129 e. The van der Waals surface area contributed by atoms with Crippen LogP contribution < -0.4 is 5.73 Å². The highest BCUT2D eigenvalue weighted by molar-refractivity contribution is 7.00. The SMILES string of the molecule is Cc1cc(C)c2nsnc2c1-n1c(C)c(C)c(C#N)c1N. The number of fused-ring (bicyclic) bond motifs is 1. The van der Waals surface area contributed by atoms with E-state index in [1.54, 1.807) is 0 Å². The first-order chi connectivity index (χ1) is 9.97. The van der Waals surface area contributed by atoms with Crippen LogP contribution in [0.4, 0.5) is 5.82 Å². The van der Waals surface area contributed by atoms with E-state index in [2.05, 4.69) is 20.9 Å². The number of aromatic nitrogens is 3. The van der Waals surface area contributed by atoms with Crippen LogP contribution in [0.15, 0.2) is 6.07 Å². The van der Waals surface area contributed by atoms with Crippen LogP contribution in [-0.2, 0) is 0 Å². The average Bonchev–Trinajstić information content (AvgIpc) is 2.99. The van der Waals surface area contributed by atoms with Crippen LogP contribution in [0, 0.1) is 39.0 Å². The minimum Gasteiger partial charge on any atom is -0.384 e. The highest BCUT2D eigenvalue weighted by Crippen LogP contribution is 2.34. The molecule has 0 saturated carbocycles. The van der Waals surface area contributed by atoms with Gasteiger partial charge in [0, 0.05) is 5.69 Å². The lowest BCUT2D eigenvalue weighted by Gasteiger charge is -2.13. The molecular formula is C15H15N5S. The van der Waals surface area contributed by atoms with Gasteiger partial charge in [0.05, 0.1) is 23.0 Å². The molecule has 1 aromatic carbocycles. The molecule has 0 spiro atoms. The molecular weight excluding hydrogens is 282 g/mol. The molecule has 0 aliphatic carbocycles. The van der Waals surface area contributed by atoms with Gasteiger partial charge in [-0.1, -0.05) is 6.07 Å². The Bertz CT molecular complexity index is 911. The van der Waals surface area contributed by atoms with Gasteiger partial charge < -0.3 is 5.73 Å². The summed E-state index contributed by atoms with van der Waals surface area (Å²) in [4.78, 5) is 0. The summed E-state index contributed by atoms with van der Waals surface area (Å²) in [6.45, 7) is 7.94. The van der Waals surface area contributed by atoms with Crippen molar-refractivity contribution in [3.8, 4) is 11.8 Å². The first kappa shape index (κ1) is 13.6. The molecule has 2 N–H and O–H groups in total. The Labute approximate surface area is 127 Å². The van der Waals surface area contributed by atoms with Gasteiger partial charge in [0.25, 0.3) is 0 Å². The lowest BCUT2D eigenvalue weighted by atomic mass is 10.1. The molecule has 6 heteroatoms. The normalized spacial score (nSPS) is 11.0. The van der Waals surface area contributed by atoms with Gasteiger partial charge in [0.1, 0.15) is 22.9 Å². The number of nitrogen functional groups attached to an aromatic ring is 1. The third kappa shape index (κ3) is 1.74. The zero-order valence-electron chi connectivity index (χ0n) is 12.4. The molecule has 2 heterocycles. The first-order valence-corrected chi connectivity index (χ1v) is 7.30. The molecule has 0 saturated heterocycles. The van der Waals surface area contributed by atoms with Crippen molar-refractivity contribution in [2.24, 2.45) is 0 Å². The van der Waals surface area contributed by atoms with Crippen LogP contribution >= 0.6 is 11.7 Å². The number of nitrogens with two attached hydrogens (primary N) is 1. The first-order valence-electron chi connectivity index (χ1n) is 6.57. The van der Waals surface area contributed by atoms with Crippen molar-refractivity contribution in [1.29, 1.82) is 5.26 Å². The number of hydrogen-bond acceptors (Lipinski definition) is 5. The fourth-order valence-corrected chi connectivity index (χ4v) is 3.40. The van der Waals surface area contributed by atoms with E-state index in [1.165, 1.54) is 11.7 Å². The molecule has 3 aromatic rings. The molecule has 0 aliphatic heterocycles. The molecule has 106 valence electrons. The summed E-state index contributed by atoms with van der Waals surface area (Å²) in [5.74, 6) is 0.466. The Kier molecular flexibility index (Phi) is 2.96. The molecule has 0 radical (unpaired) electrons. The van der Waals surface area contributed by atoms with Crippen LogP contribution in [-0.4, -0.2) is 13.3 Å². The van der Waals surface area contributed by atoms with Crippen molar-refractivity contribution < 1.29 is 0 Å². The van der Waals surface area contributed by atoms with Gasteiger partial charge in [-0.3, -0.25) is 4.57 Å². The third-order valence-electron chi connectivity index (χ3n) is 3.98. The fraction of sp³-hybridized carbons (Fsp3) is 0.267. The van der Waals surface area contributed by atoms with Gasteiger partial charge in [0.15, 0.2) is 0 Å². The second kappa shape index (κ2) is 4.57. The van der Waals surface area contributed by atoms with Crippen molar-refractivity contribution in [1.82, 2.24) is 13.3 Å². The largest absolute Gasteiger partial charge is 0.384 e. The lowest BCUT2D eigenvalue weighted by molar-refractivity contribution is 1.01. The van der Waals surface area contributed by atoms with E-state index >= 15 is 0 Å². The number of hydrogen-bond donors (Lipinski definition) is 1. The molecule has 2 aromatic heterocycles. The van der Waals surface area contributed by atoms with Crippen LogP contribution in [0.3, 0.4) is 0 Å². The number of nitriles is 1. The molecule has 3 rings (SSSR count). The molecule has 5 nitrogen and oxygen atoms in total. The predicted octanol–water partition coefficient (Wildman–Crippen LogP) is 3.17. The van der Waals surface area contributed by atoms with Crippen molar-refractivity contribution in [3.63, 3.8) is 0 Å². The maximum atomic E-state index is 9.30. The summed E-state index contributed by atoms with van der Waals surface area (Å²) in [6.07, 6.45) is 0. The summed E-state index contributed by atoms with van der Waals surface area (Å²) < 4.78 is 10.7. The summed E-state index contributed by atoms with van der Waals surface area (Å²) >= 11 is 1.19. The van der Waals surface area contributed by atoms with Crippen molar-refractivity contribution in [2.45, 2.75) is 27.7 Å². The van der Waals surface area contributed by atoms with E-state index in [0.717, 1.165) is 39.1 Å². The van der Waals surface area contributed by atoms with Crippen LogP contribution in [0.5, 0.6) is 0 Å². The molecule has 0 fully saturated rings.